The van der Waals surface area contributed by atoms with Crippen LogP contribution in [0.1, 0.15) is 44.2 Å². The average Bonchev–Trinajstić information content (AvgIpc) is 3.14. The molecule has 2 aromatic carbocycles. The second-order valence-electron chi connectivity index (χ2n) is 9.81. The van der Waals surface area contributed by atoms with Crippen LogP contribution in [0.4, 0.5) is 4.79 Å². The number of aliphatic carboxylic acids is 1. The lowest BCUT2D eigenvalue weighted by Gasteiger charge is -2.37. The fraction of sp³-hybridized carbons (Fsp3) is 0.444. The van der Waals surface area contributed by atoms with Crippen LogP contribution < -0.4 is 5.32 Å². The third-order valence-electron chi connectivity index (χ3n) is 6.87. The molecule has 0 spiro atoms. The number of likely N-dealkylation sites (tertiary alicyclic amines) is 1. The van der Waals surface area contributed by atoms with Gasteiger partial charge in [-0.1, -0.05) is 69.3 Å². The number of nitrogens with one attached hydrogen (secondary N) is 1. The SMILES string of the molecule is CC1CC(C(=O)O)CN(C(=O)[C@H](NC(=O)OCC2c3ccccc3-c3ccccc32)C(C)C)C1. The van der Waals surface area contributed by atoms with Gasteiger partial charge < -0.3 is 20.1 Å². The van der Waals surface area contributed by atoms with E-state index in [1.807, 2.05) is 45.0 Å². The molecule has 0 radical (unpaired) electrons. The quantitative estimate of drug-likeness (QED) is 0.671. The molecule has 1 aliphatic heterocycles. The van der Waals surface area contributed by atoms with E-state index >= 15 is 0 Å². The van der Waals surface area contributed by atoms with Crippen LogP contribution in [0.3, 0.4) is 0 Å². The number of benzene rings is 2. The zero-order valence-electron chi connectivity index (χ0n) is 19.9. The number of amides is 2. The normalized spacial score (nSPS) is 20.4. The number of hydrogen-bond donors (Lipinski definition) is 2. The lowest BCUT2D eigenvalue weighted by Crippen LogP contribution is -2.55. The molecule has 4 rings (SSSR count). The average molecular weight is 465 g/mol. The van der Waals surface area contributed by atoms with Crippen molar-refractivity contribution in [1.82, 2.24) is 10.2 Å². The number of piperidine rings is 1. The van der Waals surface area contributed by atoms with E-state index in [1.165, 1.54) is 0 Å². The summed E-state index contributed by atoms with van der Waals surface area (Å²) in [5.74, 6) is -1.90. The van der Waals surface area contributed by atoms with Gasteiger partial charge in [0.2, 0.25) is 5.91 Å². The molecule has 2 aromatic rings. The van der Waals surface area contributed by atoms with Crippen molar-refractivity contribution in [3.63, 3.8) is 0 Å². The number of ether oxygens (including phenoxy) is 1. The zero-order valence-corrected chi connectivity index (χ0v) is 19.9. The number of fused-ring (bicyclic) bond motifs is 3. The highest BCUT2D eigenvalue weighted by molar-refractivity contribution is 5.86. The van der Waals surface area contributed by atoms with E-state index in [4.69, 9.17) is 4.74 Å². The van der Waals surface area contributed by atoms with E-state index in [0.717, 1.165) is 22.3 Å². The maximum atomic E-state index is 13.2. The molecule has 7 heteroatoms. The van der Waals surface area contributed by atoms with Gasteiger partial charge in [0.05, 0.1) is 5.92 Å². The Balaban J connectivity index is 1.42. The molecule has 1 heterocycles. The molecule has 3 atom stereocenters. The van der Waals surface area contributed by atoms with E-state index < -0.39 is 24.0 Å². The molecule has 1 saturated heterocycles. The van der Waals surface area contributed by atoms with Crippen molar-refractivity contribution in [1.29, 1.82) is 0 Å². The molecule has 2 unspecified atom stereocenters. The summed E-state index contributed by atoms with van der Waals surface area (Å²) >= 11 is 0. The number of carbonyl (C=O) groups is 3. The Morgan fingerprint density at radius 2 is 1.62 bits per heavy atom. The monoisotopic (exact) mass is 464 g/mol. The van der Waals surface area contributed by atoms with Crippen LogP contribution in [-0.2, 0) is 14.3 Å². The van der Waals surface area contributed by atoms with E-state index in [9.17, 15) is 19.5 Å². The van der Waals surface area contributed by atoms with Crippen LogP contribution in [0.15, 0.2) is 48.5 Å². The summed E-state index contributed by atoms with van der Waals surface area (Å²) in [5, 5.41) is 12.2. The van der Waals surface area contributed by atoms with Gasteiger partial charge in [0.15, 0.2) is 0 Å². The van der Waals surface area contributed by atoms with Gasteiger partial charge in [0.25, 0.3) is 0 Å². The van der Waals surface area contributed by atoms with Crippen molar-refractivity contribution in [2.75, 3.05) is 19.7 Å². The maximum Gasteiger partial charge on any atom is 0.407 e. The number of carboxylic acids is 1. The van der Waals surface area contributed by atoms with Gasteiger partial charge >= 0.3 is 12.1 Å². The molecule has 2 N–H and O–H groups in total. The predicted octanol–water partition coefficient (Wildman–Crippen LogP) is 4.12. The third-order valence-corrected chi connectivity index (χ3v) is 6.87. The maximum absolute atomic E-state index is 13.2. The molecule has 34 heavy (non-hydrogen) atoms. The lowest BCUT2D eigenvalue weighted by molar-refractivity contribution is -0.147. The molecule has 0 aromatic heterocycles. The number of alkyl carbamates (subject to hydrolysis) is 1. The summed E-state index contributed by atoms with van der Waals surface area (Å²) in [4.78, 5) is 39.1. The van der Waals surface area contributed by atoms with Gasteiger partial charge in [-0.25, -0.2) is 4.79 Å². The first-order valence-electron chi connectivity index (χ1n) is 11.9. The van der Waals surface area contributed by atoms with Gasteiger partial charge in [0.1, 0.15) is 12.6 Å². The Morgan fingerprint density at radius 3 is 2.18 bits per heavy atom. The van der Waals surface area contributed by atoms with Crippen molar-refractivity contribution >= 4 is 18.0 Å². The summed E-state index contributed by atoms with van der Waals surface area (Å²) in [7, 11) is 0. The molecule has 1 aliphatic carbocycles. The van der Waals surface area contributed by atoms with Crippen molar-refractivity contribution < 1.29 is 24.2 Å². The summed E-state index contributed by atoms with van der Waals surface area (Å²) in [5.41, 5.74) is 4.54. The topological polar surface area (TPSA) is 95.9 Å². The molecule has 180 valence electrons. The smallest absolute Gasteiger partial charge is 0.407 e. The van der Waals surface area contributed by atoms with Crippen molar-refractivity contribution in [3.05, 3.63) is 59.7 Å². The van der Waals surface area contributed by atoms with Crippen LogP contribution in [-0.4, -0.2) is 53.7 Å². The Morgan fingerprint density at radius 1 is 1.03 bits per heavy atom. The lowest BCUT2D eigenvalue weighted by atomic mass is 9.89. The Labute approximate surface area is 200 Å². The second kappa shape index (κ2) is 9.87. The summed E-state index contributed by atoms with van der Waals surface area (Å²) in [6, 6.07) is 15.4. The van der Waals surface area contributed by atoms with Crippen LogP contribution >= 0.6 is 0 Å². The number of nitrogens with zero attached hydrogens (tertiary/aromatic N) is 1. The number of rotatable bonds is 6. The first kappa shape index (κ1) is 23.8. The first-order chi connectivity index (χ1) is 16.3. The minimum atomic E-state index is -0.894. The molecular formula is C27H32N2O5. The molecule has 0 bridgehead atoms. The minimum Gasteiger partial charge on any atom is -0.481 e. The number of hydrogen-bond acceptors (Lipinski definition) is 4. The highest BCUT2D eigenvalue weighted by Gasteiger charge is 2.36. The van der Waals surface area contributed by atoms with Gasteiger partial charge in [-0.05, 0) is 40.5 Å². The summed E-state index contributed by atoms with van der Waals surface area (Å²) < 4.78 is 5.62. The van der Waals surface area contributed by atoms with Crippen molar-refractivity contribution in [2.24, 2.45) is 17.8 Å². The summed E-state index contributed by atoms with van der Waals surface area (Å²) in [6.07, 6.45) is -0.0978. The van der Waals surface area contributed by atoms with Gasteiger partial charge in [-0.15, -0.1) is 0 Å². The highest BCUT2D eigenvalue weighted by atomic mass is 16.5. The van der Waals surface area contributed by atoms with Crippen LogP contribution in [0, 0.1) is 17.8 Å². The molecule has 2 aliphatic rings. The standard InChI is InChI=1S/C27H32N2O5/c1-16(2)24(25(30)29-13-17(3)12-18(14-29)26(31)32)28-27(33)34-15-23-21-10-6-4-8-19(21)20-9-5-7-11-22(20)23/h4-11,16-18,23-24H,12-15H2,1-3H3,(H,28,33)(H,31,32)/t17?,18?,24-/m1/s1. The zero-order chi connectivity index (χ0) is 24.4. The van der Waals surface area contributed by atoms with Gasteiger partial charge in [-0.2, -0.15) is 0 Å². The largest absolute Gasteiger partial charge is 0.481 e. The fourth-order valence-electron chi connectivity index (χ4n) is 5.19. The Bertz CT molecular complexity index is 1040. The predicted molar refractivity (Wildman–Crippen MR) is 128 cm³/mol. The third kappa shape index (κ3) is 4.79. The highest BCUT2D eigenvalue weighted by Crippen LogP contribution is 2.44. The molecule has 7 nitrogen and oxygen atoms in total. The molecular weight excluding hydrogens is 432 g/mol. The molecule has 2 amide bonds. The van der Waals surface area contributed by atoms with Crippen LogP contribution in [0.2, 0.25) is 0 Å². The minimum absolute atomic E-state index is 0.0642. The molecule has 1 fully saturated rings. The van der Waals surface area contributed by atoms with Gasteiger partial charge in [0, 0.05) is 19.0 Å². The Hall–Kier alpha value is -3.35. The van der Waals surface area contributed by atoms with Crippen molar-refractivity contribution in [3.8, 4) is 11.1 Å². The molecule has 0 saturated carbocycles. The number of carboxylic acid groups (broad SMARTS) is 1. The second-order valence-corrected chi connectivity index (χ2v) is 9.81. The first-order valence-corrected chi connectivity index (χ1v) is 11.9. The Kier molecular flexibility index (Phi) is 6.91. The number of carbonyl (C=O) groups excluding carboxylic acids is 2. The van der Waals surface area contributed by atoms with E-state index in [0.29, 0.717) is 13.0 Å². The van der Waals surface area contributed by atoms with Crippen LogP contribution in [0.25, 0.3) is 11.1 Å². The van der Waals surface area contributed by atoms with Crippen LogP contribution in [0.5, 0.6) is 0 Å². The van der Waals surface area contributed by atoms with E-state index in [-0.39, 0.29) is 36.8 Å². The van der Waals surface area contributed by atoms with Crippen molar-refractivity contribution in [2.45, 2.75) is 39.2 Å². The summed E-state index contributed by atoms with van der Waals surface area (Å²) in [6.45, 7) is 6.47. The van der Waals surface area contributed by atoms with E-state index in [1.54, 1.807) is 4.90 Å². The van der Waals surface area contributed by atoms with Gasteiger partial charge in [-0.3, -0.25) is 9.59 Å². The fourth-order valence-corrected chi connectivity index (χ4v) is 5.19. The van der Waals surface area contributed by atoms with E-state index in [2.05, 4.69) is 29.6 Å².